The average molecular weight is 356 g/mol. The summed E-state index contributed by atoms with van der Waals surface area (Å²) in [7, 11) is 0. The summed E-state index contributed by atoms with van der Waals surface area (Å²) in [6.45, 7) is 1.08. The van der Waals surface area contributed by atoms with E-state index in [1.165, 1.54) is 23.5 Å². The highest BCUT2D eigenvalue weighted by atomic mass is 32.1. The molecule has 4 rings (SSSR count). The molecule has 1 amide bonds. The molecule has 0 aliphatic carbocycles. The van der Waals surface area contributed by atoms with Gasteiger partial charge in [-0.15, -0.1) is 11.3 Å². The van der Waals surface area contributed by atoms with Crippen LogP contribution in [0, 0.1) is 5.82 Å². The standard InChI is InChI=1S/C19H17FN2O2S/c20-12-3-4-15-13(10-12)14-11-22(8-7-16(14)21-15)19(24)6-5-17(23)18-2-1-9-25-18/h1-4,9-10,21H,5-8,11H2. The van der Waals surface area contributed by atoms with Gasteiger partial charge in [-0.25, -0.2) is 4.39 Å². The van der Waals surface area contributed by atoms with Crippen LogP contribution < -0.4 is 0 Å². The predicted octanol–water partition coefficient (Wildman–Crippen LogP) is 3.92. The van der Waals surface area contributed by atoms with Gasteiger partial charge < -0.3 is 9.88 Å². The average Bonchev–Trinajstić information content (AvgIpc) is 3.26. The fourth-order valence-corrected chi connectivity index (χ4v) is 4.03. The second-order valence-corrected chi connectivity index (χ2v) is 7.19. The number of fused-ring (bicyclic) bond motifs is 3. The van der Waals surface area contributed by atoms with Crippen molar-refractivity contribution in [3.05, 3.63) is 57.7 Å². The number of benzene rings is 1. The summed E-state index contributed by atoms with van der Waals surface area (Å²) in [5.74, 6) is -0.296. The minimum Gasteiger partial charge on any atom is -0.358 e. The first-order valence-corrected chi connectivity index (χ1v) is 9.13. The number of nitrogens with one attached hydrogen (secondary N) is 1. The highest BCUT2D eigenvalue weighted by Gasteiger charge is 2.24. The molecule has 6 heteroatoms. The fourth-order valence-electron chi connectivity index (χ4n) is 3.34. The number of nitrogens with zero attached hydrogens (tertiary/aromatic N) is 1. The summed E-state index contributed by atoms with van der Waals surface area (Å²) in [6.07, 6.45) is 1.16. The van der Waals surface area contributed by atoms with E-state index in [-0.39, 0.29) is 30.3 Å². The maximum atomic E-state index is 13.6. The van der Waals surface area contributed by atoms with Crippen LogP contribution in [0.5, 0.6) is 0 Å². The molecule has 1 aliphatic heterocycles. The Morgan fingerprint density at radius 1 is 1.24 bits per heavy atom. The van der Waals surface area contributed by atoms with Gasteiger partial charge in [0.25, 0.3) is 0 Å². The number of H-pyrrole nitrogens is 1. The Morgan fingerprint density at radius 2 is 2.12 bits per heavy atom. The highest BCUT2D eigenvalue weighted by molar-refractivity contribution is 7.12. The zero-order chi connectivity index (χ0) is 17.4. The molecule has 1 aliphatic rings. The molecule has 0 saturated carbocycles. The number of carbonyl (C=O) groups excluding carboxylic acids is 2. The van der Waals surface area contributed by atoms with E-state index in [4.69, 9.17) is 0 Å². The lowest BCUT2D eigenvalue weighted by Crippen LogP contribution is -2.35. The molecule has 0 fully saturated rings. The van der Waals surface area contributed by atoms with Gasteiger partial charge in [-0.2, -0.15) is 0 Å². The quantitative estimate of drug-likeness (QED) is 0.721. The van der Waals surface area contributed by atoms with Gasteiger partial charge in [0.2, 0.25) is 5.91 Å². The van der Waals surface area contributed by atoms with Crippen LogP contribution in [-0.4, -0.2) is 28.1 Å². The highest BCUT2D eigenvalue weighted by Crippen LogP contribution is 2.28. The number of hydrogen-bond acceptors (Lipinski definition) is 3. The summed E-state index contributed by atoms with van der Waals surface area (Å²) in [4.78, 5) is 30.3. The van der Waals surface area contributed by atoms with Crippen LogP contribution in [-0.2, 0) is 17.8 Å². The summed E-state index contributed by atoms with van der Waals surface area (Å²) in [5.41, 5.74) is 2.95. The Labute approximate surface area is 148 Å². The summed E-state index contributed by atoms with van der Waals surface area (Å²) < 4.78 is 13.6. The van der Waals surface area contributed by atoms with Gasteiger partial charge in [-0.05, 0) is 29.6 Å². The molecular weight excluding hydrogens is 339 g/mol. The second-order valence-electron chi connectivity index (χ2n) is 6.24. The van der Waals surface area contributed by atoms with Crippen molar-refractivity contribution in [3.63, 3.8) is 0 Å². The van der Waals surface area contributed by atoms with Crippen LogP contribution in [0.4, 0.5) is 4.39 Å². The number of rotatable bonds is 4. The van der Waals surface area contributed by atoms with Gasteiger partial charge in [0.15, 0.2) is 5.78 Å². The fraction of sp³-hybridized carbons (Fsp3) is 0.263. The first-order chi connectivity index (χ1) is 12.1. The smallest absolute Gasteiger partial charge is 0.223 e. The van der Waals surface area contributed by atoms with Crippen molar-refractivity contribution in [3.8, 4) is 0 Å². The number of hydrogen-bond donors (Lipinski definition) is 1. The molecule has 3 aromatic rings. The lowest BCUT2D eigenvalue weighted by Gasteiger charge is -2.27. The molecule has 3 heterocycles. The van der Waals surface area contributed by atoms with Crippen molar-refractivity contribution < 1.29 is 14.0 Å². The van der Waals surface area contributed by atoms with Crippen molar-refractivity contribution >= 4 is 33.9 Å². The number of thiophene rings is 1. The van der Waals surface area contributed by atoms with Crippen molar-refractivity contribution in [1.82, 2.24) is 9.88 Å². The molecule has 0 saturated heterocycles. The van der Waals surface area contributed by atoms with Gasteiger partial charge >= 0.3 is 0 Å². The number of Topliss-reactive ketones (excluding diaryl/α,β-unsaturated/α-hetero) is 1. The van der Waals surface area contributed by atoms with Crippen molar-refractivity contribution in [2.45, 2.75) is 25.8 Å². The van der Waals surface area contributed by atoms with E-state index in [1.54, 1.807) is 17.0 Å². The molecular formula is C19H17FN2O2S. The Kier molecular flexibility index (Phi) is 4.13. The number of aromatic nitrogens is 1. The molecule has 0 spiro atoms. The predicted molar refractivity (Wildman–Crippen MR) is 95.3 cm³/mol. The van der Waals surface area contributed by atoms with E-state index < -0.39 is 0 Å². The number of halogens is 1. The van der Waals surface area contributed by atoms with Crippen molar-refractivity contribution in [2.24, 2.45) is 0 Å². The molecule has 1 N–H and O–H groups in total. The maximum absolute atomic E-state index is 13.6. The minimum absolute atomic E-state index is 0.00946. The molecule has 0 atom stereocenters. The minimum atomic E-state index is -0.278. The zero-order valence-corrected chi connectivity index (χ0v) is 14.4. The number of ketones is 1. The molecule has 0 bridgehead atoms. The van der Waals surface area contributed by atoms with Crippen LogP contribution in [0.25, 0.3) is 10.9 Å². The lowest BCUT2D eigenvalue weighted by molar-refractivity contribution is -0.132. The summed E-state index contributed by atoms with van der Waals surface area (Å²) >= 11 is 1.40. The summed E-state index contributed by atoms with van der Waals surface area (Å²) in [6, 6.07) is 8.30. The Hall–Kier alpha value is -2.47. The number of amides is 1. The van der Waals surface area contributed by atoms with Crippen LogP contribution >= 0.6 is 11.3 Å². The summed E-state index contributed by atoms with van der Waals surface area (Å²) in [5, 5.41) is 2.69. The van der Waals surface area contributed by atoms with Crippen LogP contribution in [0.3, 0.4) is 0 Å². The lowest BCUT2D eigenvalue weighted by atomic mass is 10.0. The molecule has 128 valence electrons. The zero-order valence-electron chi connectivity index (χ0n) is 13.5. The van der Waals surface area contributed by atoms with Crippen molar-refractivity contribution in [1.29, 1.82) is 0 Å². The van der Waals surface area contributed by atoms with Gasteiger partial charge in [0, 0.05) is 54.5 Å². The third-order valence-electron chi connectivity index (χ3n) is 4.65. The Morgan fingerprint density at radius 3 is 2.92 bits per heavy atom. The Bertz CT molecular complexity index is 946. The van der Waals surface area contributed by atoms with Gasteiger partial charge in [-0.3, -0.25) is 9.59 Å². The van der Waals surface area contributed by atoms with Crippen molar-refractivity contribution in [2.75, 3.05) is 6.54 Å². The monoisotopic (exact) mass is 356 g/mol. The van der Waals surface area contributed by atoms with E-state index in [0.717, 1.165) is 28.6 Å². The second kappa shape index (κ2) is 6.44. The van der Waals surface area contributed by atoms with Gasteiger partial charge in [-0.1, -0.05) is 6.07 Å². The van der Waals surface area contributed by atoms with E-state index in [9.17, 15) is 14.0 Å². The topological polar surface area (TPSA) is 53.2 Å². The van der Waals surface area contributed by atoms with Crippen LogP contribution in [0.1, 0.15) is 33.8 Å². The number of carbonyl (C=O) groups is 2. The van der Waals surface area contributed by atoms with Crippen LogP contribution in [0.15, 0.2) is 35.7 Å². The third-order valence-corrected chi connectivity index (χ3v) is 5.56. The molecule has 25 heavy (non-hydrogen) atoms. The first kappa shape index (κ1) is 16.0. The molecule has 1 aromatic carbocycles. The number of aromatic amines is 1. The van der Waals surface area contributed by atoms with Gasteiger partial charge in [0.1, 0.15) is 5.82 Å². The van der Waals surface area contributed by atoms with E-state index in [0.29, 0.717) is 18.0 Å². The molecule has 0 unspecified atom stereocenters. The molecule has 4 nitrogen and oxygen atoms in total. The normalized spacial score (nSPS) is 13.9. The van der Waals surface area contributed by atoms with E-state index >= 15 is 0 Å². The molecule has 0 radical (unpaired) electrons. The first-order valence-electron chi connectivity index (χ1n) is 8.25. The van der Waals surface area contributed by atoms with E-state index in [2.05, 4.69) is 4.98 Å². The van der Waals surface area contributed by atoms with Gasteiger partial charge in [0.05, 0.1) is 4.88 Å². The maximum Gasteiger partial charge on any atom is 0.223 e. The van der Waals surface area contributed by atoms with Crippen LogP contribution in [0.2, 0.25) is 0 Å². The van der Waals surface area contributed by atoms with E-state index in [1.807, 2.05) is 11.4 Å². The third kappa shape index (κ3) is 3.09. The SMILES string of the molecule is O=C(CCC(=O)N1CCc2[nH]c3ccc(F)cc3c2C1)c1cccs1. The largest absolute Gasteiger partial charge is 0.358 e. The molecule has 2 aromatic heterocycles. The Balaban J connectivity index is 1.46.